The molecule has 2 fully saturated rings. The van der Waals surface area contributed by atoms with Gasteiger partial charge in [0.05, 0.1) is 30.1 Å². The first-order valence-corrected chi connectivity index (χ1v) is 10.8. The van der Waals surface area contributed by atoms with Gasteiger partial charge in [0.2, 0.25) is 0 Å². The summed E-state index contributed by atoms with van der Waals surface area (Å²) >= 11 is 6.21. The zero-order valence-electron chi connectivity index (χ0n) is 14.6. The zero-order chi connectivity index (χ0) is 19.3. The van der Waals surface area contributed by atoms with Crippen LogP contribution in [0.2, 0.25) is 5.02 Å². The Labute approximate surface area is 162 Å². The minimum atomic E-state index is -3.29. The number of hydrogen-bond donors (Lipinski definition) is 0. The van der Waals surface area contributed by atoms with Crippen LogP contribution in [0, 0.1) is 12.7 Å². The number of anilines is 1. The molecule has 2 aliphatic heterocycles. The summed E-state index contributed by atoms with van der Waals surface area (Å²) in [6.07, 6.45) is 0. The highest BCUT2D eigenvalue weighted by Gasteiger charge is 2.53. The molecule has 0 N–H and O–H groups in total. The molecule has 27 heavy (non-hydrogen) atoms. The van der Waals surface area contributed by atoms with E-state index in [0.29, 0.717) is 16.3 Å². The Morgan fingerprint density at radius 2 is 1.85 bits per heavy atom. The molecule has 8 heteroatoms. The van der Waals surface area contributed by atoms with Crippen LogP contribution in [0.3, 0.4) is 0 Å². The van der Waals surface area contributed by atoms with Crippen molar-refractivity contribution < 1.29 is 17.6 Å². The van der Waals surface area contributed by atoms with Crippen LogP contribution in [-0.2, 0) is 16.4 Å². The van der Waals surface area contributed by atoms with E-state index in [1.165, 1.54) is 15.9 Å². The van der Waals surface area contributed by atoms with E-state index in [2.05, 4.69) is 0 Å². The van der Waals surface area contributed by atoms with Gasteiger partial charge in [-0.25, -0.2) is 17.6 Å². The van der Waals surface area contributed by atoms with Gasteiger partial charge in [-0.1, -0.05) is 35.9 Å². The summed E-state index contributed by atoms with van der Waals surface area (Å²) in [5, 5.41) is 0.505. The number of fused-ring (bicyclic) bond motifs is 1. The number of halogens is 2. The van der Waals surface area contributed by atoms with Gasteiger partial charge in [0.15, 0.2) is 9.84 Å². The Bertz CT molecular complexity index is 1030. The summed E-state index contributed by atoms with van der Waals surface area (Å²) in [7, 11) is -3.29. The van der Waals surface area contributed by atoms with E-state index in [0.717, 1.165) is 5.56 Å². The fourth-order valence-corrected chi connectivity index (χ4v) is 5.93. The lowest BCUT2D eigenvalue weighted by Gasteiger charge is -2.23. The number of hydrogen-bond acceptors (Lipinski definition) is 3. The van der Waals surface area contributed by atoms with Crippen LogP contribution in [0.15, 0.2) is 42.5 Å². The largest absolute Gasteiger partial charge is 0.325 e. The lowest BCUT2D eigenvalue weighted by atomic mass is 10.1. The number of carbonyl (C=O) groups is 1. The molecule has 0 bridgehead atoms. The molecule has 0 spiro atoms. The molecular formula is C19H18ClFN2O3S. The van der Waals surface area contributed by atoms with Gasteiger partial charge in [-0.05, 0) is 30.7 Å². The van der Waals surface area contributed by atoms with E-state index < -0.39 is 27.7 Å². The maximum Gasteiger partial charge on any atom is 0.325 e. The summed E-state index contributed by atoms with van der Waals surface area (Å²) in [5.74, 6) is -0.643. The normalized spacial score (nSPS) is 23.7. The number of nitrogens with zero attached hydrogens (tertiary/aromatic N) is 2. The van der Waals surface area contributed by atoms with Gasteiger partial charge < -0.3 is 4.90 Å². The van der Waals surface area contributed by atoms with Gasteiger partial charge in [-0.15, -0.1) is 0 Å². The lowest BCUT2D eigenvalue weighted by Crippen LogP contribution is -2.37. The van der Waals surface area contributed by atoms with E-state index in [-0.39, 0.29) is 24.1 Å². The van der Waals surface area contributed by atoms with Crippen molar-refractivity contribution in [2.24, 2.45) is 0 Å². The molecule has 5 nitrogen and oxygen atoms in total. The third-order valence-corrected chi connectivity index (χ3v) is 7.32. The number of carbonyl (C=O) groups excluding carboxylic acids is 1. The predicted octanol–water partition coefficient (Wildman–Crippen LogP) is 3.40. The molecule has 0 radical (unpaired) electrons. The van der Waals surface area contributed by atoms with Crippen LogP contribution >= 0.6 is 11.6 Å². The third-order valence-electron chi connectivity index (χ3n) is 5.21. The number of amides is 2. The second-order valence-electron chi connectivity index (χ2n) is 7.02. The van der Waals surface area contributed by atoms with Crippen LogP contribution in [0.5, 0.6) is 0 Å². The van der Waals surface area contributed by atoms with Gasteiger partial charge >= 0.3 is 6.03 Å². The molecule has 0 aromatic heterocycles. The van der Waals surface area contributed by atoms with Gasteiger partial charge in [-0.2, -0.15) is 0 Å². The minimum Gasteiger partial charge on any atom is -0.314 e. The number of aryl methyl sites for hydroxylation is 1. The maximum absolute atomic E-state index is 14.1. The van der Waals surface area contributed by atoms with Crippen molar-refractivity contribution in [2.75, 3.05) is 16.4 Å². The highest BCUT2D eigenvalue weighted by Crippen LogP contribution is 2.37. The quantitative estimate of drug-likeness (QED) is 0.731. The van der Waals surface area contributed by atoms with Crippen LogP contribution in [-0.4, -0.2) is 42.9 Å². The Morgan fingerprint density at radius 3 is 2.56 bits per heavy atom. The van der Waals surface area contributed by atoms with Crippen LogP contribution in [0.25, 0.3) is 0 Å². The van der Waals surface area contributed by atoms with Gasteiger partial charge in [0, 0.05) is 16.3 Å². The second kappa shape index (κ2) is 6.49. The highest BCUT2D eigenvalue weighted by atomic mass is 35.5. The number of urea groups is 1. The summed E-state index contributed by atoms with van der Waals surface area (Å²) < 4.78 is 38.6. The maximum atomic E-state index is 14.1. The molecule has 0 aliphatic carbocycles. The second-order valence-corrected chi connectivity index (χ2v) is 9.58. The van der Waals surface area contributed by atoms with Crippen LogP contribution < -0.4 is 4.90 Å². The molecule has 0 unspecified atom stereocenters. The van der Waals surface area contributed by atoms with Crippen molar-refractivity contribution in [1.29, 1.82) is 0 Å². The number of rotatable bonds is 3. The molecule has 4 rings (SSSR count). The van der Waals surface area contributed by atoms with Crippen LogP contribution in [0.1, 0.15) is 11.1 Å². The van der Waals surface area contributed by atoms with E-state index in [9.17, 15) is 17.6 Å². The van der Waals surface area contributed by atoms with Crippen molar-refractivity contribution >= 4 is 33.2 Å². The molecule has 2 aliphatic rings. The fraction of sp³-hybridized carbons (Fsp3) is 0.316. The molecule has 2 aromatic rings. The minimum absolute atomic E-state index is 0.0261. The van der Waals surface area contributed by atoms with Crippen molar-refractivity contribution in [1.82, 2.24) is 4.90 Å². The number of sulfone groups is 1. The first kappa shape index (κ1) is 18.3. The van der Waals surface area contributed by atoms with Crippen molar-refractivity contribution in [2.45, 2.75) is 25.6 Å². The van der Waals surface area contributed by atoms with Crippen LogP contribution in [0.4, 0.5) is 14.9 Å². The van der Waals surface area contributed by atoms with Gasteiger partial charge in [0.25, 0.3) is 0 Å². The average Bonchev–Trinajstić information content (AvgIpc) is 3.03. The zero-order valence-corrected chi connectivity index (χ0v) is 16.2. The van der Waals surface area contributed by atoms with E-state index in [1.54, 1.807) is 36.4 Å². The fourth-order valence-electron chi connectivity index (χ4n) is 3.81. The van der Waals surface area contributed by atoms with E-state index in [4.69, 9.17) is 11.6 Å². The smallest absolute Gasteiger partial charge is 0.314 e. The van der Waals surface area contributed by atoms with E-state index >= 15 is 0 Å². The van der Waals surface area contributed by atoms with Gasteiger partial charge in [0.1, 0.15) is 5.82 Å². The summed E-state index contributed by atoms with van der Waals surface area (Å²) in [6, 6.07) is 10.1. The molecule has 2 aromatic carbocycles. The van der Waals surface area contributed by atoms with Crippen molar-refractivity contribution in [3.05, 3.63) is 64.4 Å². The summed E-state index contributed by atoms with van der Waals surface area (Å²) in [5.41, 5.74) is 1.78. The monoisotopic (exact) mass is 408 g/mol. The summed E-state index contributed by atoms with van der Waals surface area (Å²) in [6.45, 7) is 1.88. The molecule has 2 amide bonds. The van der Waals surface area contributed by atoms with Gasteiger partial charge in [-0.3, -0.25) is 4.90 Å². The van der Waals surface area contributed by atoms with Crippen molar-refractivity contribution in [3.63, 3.8) is 0 Å². The molecule has 0 saturated carbocycles. The lowest BCUT2D eigenvalue weighted by molar-refractivity contribution is 0.205. The van der Waals surface area contributed by atoms with E-state index in [1.807, 2.05) is 6.92 Å². The Hall–Kier alpha value is -2.12. The molecule has 2 atom stereocenters. The first-order valence-electron chi connectivity index (χ1n) is 8.56. The Morgan fingerprint density at radius 1 is 1.15 bits per heavy atom. The highest BCUT2D eigenvalue weighted by molar-refractivity contribution is 7.91. The SMILES string of the molecule is Cc1ccc(N2C(=O)N(Cc3ccccc3F)[C@H]3CS(=O)(=O)C[C@H]32)cc1Cl. The standard InChI is InChI=1S/C19H18ClFN2O3S/c1-12-6-7-14(8-15(12)20)23-18-11-27(25,26)10-17(18)22(19(23)24)9-13-4-2-3-5-16(13)21/h2-8,17-18H,9-11H2,1H3/t17-,18+/m0/s1. The predicted molar refractivity (Wildman–Crippen MR) is 102 cm³/mol. The first-order chi connectivity index (χ1) is 12.8. The molecule has 142 valence electrons. The molecule has 2 saturated heterocycles. The Kier molecular flexibility index (Phi) is 4.39. The number of benzene rings is 2. The molecular weight excluding hydrogens is 391 g/mol. The summed E-state index contributed by atoms with van der Waals surface area (Å²) in [4.78, 5) is 16.1. The Balaban J connectivity index is 1.74. The average molecular weight is 409 g/mol. The molecule has 2 heterocycles. The topological polar surface area (TPSA) is 57.7 Å². The third kappa shape index (κ3) is 3.19. The van der Waals surface area contributed by atoms with Crippen molar-refractivity contribution in [3.8, 4) is 0 Å².